The van der Waals surface area contributed by atoms with Crippen LogP contribution >= 0.6 is 0 Å². The average molecular weight is 521 g/mol. The van der Waals surface area contributed by atoms with Crippen LogP contribution in [0.25, 0.3) is 0 Å². The molecule has 3 fully saturated rings. The molecule has 0 saturated heterocycles. The van der Waals surface area contributed by atoms with Crippen LogP contribution < -0.4 is 0 Å². The fraction of sp³-hybridized carbons (Fsp3) is 0.842. The second kappa shape index (κ2) is 17.1. The molecule has 0 amide bonds. The summed E-state index contributed by atoms with van der Waals surface area (Å²) in [5.74, 6) is 6.06. The molecule has 1 aromatic rings. The van der Waals surface area contributed by atoms with Gasteiger partial charge in [0.2, 0.25) is 0 Å². The summed E-state index contributed by atoms with van der Waals surface area (Å²) in [5.41, 5.74) is 3.23. The second-order valence-electron chi connectivity index (χ2n) is 14.3. The predicted octanol–water partition coefficient (Wildman–Crippen LogP) is 12.4. The maximum atomic E-state index is 2.50. The minimum atomic E-state index is 0.836. The molecule has 3 aliphatic carbocycles. The monoisotopic (exact) mass is 521 g/mol. The van der Waals surface area contributed by atoms with Crippen molar-refractivity contribution in [2.75, 3.05) is 0 Å². The maximum Gasteiger partial charge on any atom is -0.0162 e. The lowest BCUT2D eigenvalue weighted by Crippen LogP contribution is -2.26. The summed E-state index contributed by atoms with van der Waals surface area (Å²) in [6.45, 7) is 4.65. The summed E-state index contributed by atoms with van der Waals surface area (Å²) in [6.07, 6.45) is 35.4. The zero-order chi connectivity index (χ0) is 26.4. The fourth-order valence-electron chi connectivity index (χ4n) is 8.73. The van der Waals surface area contributed by atoms with Crippen LogP contribution in [0.1, 0.15) is 179 Å². The Morgan fingerprint density at radius 3 is 1.47 bits per heavy atom. The van der Waals surface area contributed by atoms with E-state index in [4.69, 9.17) is 0 Å². The normalized spacial score (nSPS) is 30.4. The van der Waals surface area contributed by atoms with E-state index >= 15 is 0 Å². The molecule has 0 heterocycles. The molecule has 3 aliphatic rings. The first-order valence-corrected chi connectivity index (χ1v) is 17.8. The molecule has 0 radical (unpaired) electrons. The minimum absolute atomic E-state index is 0.836. The van der Waals surface area contributed by atoms with E-state index in [-0.39, 0.29) is 0 Å². The van der Waals surface area contributed by atoms with Gasteiger partial charge in [0.05, 0.1) is 0 Å². The van der Waals surface area contributed by atoms with E-state index in [2.05, 4.69) is 38.1 Å². The van der Waals surface area contributed by atoms with Gasteiger partial charge in [0.25, 0.3) is 0 Å². The molecule has 0 atom stereocenters. The Bertz CT molecular complexity index is 707. The average Bonchev–Trinajstić information content (AvgIpc) is 2.97. The van der Waals surface area contributed by atoms with Crippen molar-refractivity contribution in [2.24, 2.45) is 29.6 Å². The molecule has 0 nitrogen and oxygen atoms in total. The molecular weight excluding hydrogens is 456 g/mol. The fourth-order valence-corrected chi connectivity index (χ4v) is 8.73. The molecule has 0 bridgehead atoms. The van der Waals surface area contributed by atoms with Gasteiger partial charge in [0, 0.05) is 0 Å². The third-order valence-corrected chi connectivity index (χ3v) is 11.5. The molecule has 0 aromatic heterocycles. The zero-order valence-corrected chi connectivity index (χ0v) is 25.7. The zero-order valence-electron chi connectivity index (χ0n) is 25.7. The highest BCUT2D eigenvalue weighted by molar-refractivity contribution is 5.26. The van der Waals surface area contributed by atoms with Crippen molar-refractivity contribution in [1.29, 1.82) is 0 Å². The Morgan fingerprint density at radius 2 is 0.921 bits per heavy atom. The standard InChI is InChI=1S/C38H64/c1-3-5-7-8-10-12-32-17-25-36(26-18-32)38-29-21-34(22-30-38)14-13-33-19-27-37(28-20-33)35-23-15-31(16-24-35)11-9-6-4-2/h19-20,27-28,31-32,34-36,38H,3-18,21-26,29-30H2,1-2H3. The van der Waals surface area contributed by atoms with Gasteiger partial charge in [0.1, 0.15) is 0 Å². The van der Waals surface area contributed by atoms with Crippen LogP contribution in [0.5, 0.6) is 0 Å². The van der Waals surface area contributed by atoms with E-state index in [0.717, 1.165) is 35.5 Å². The van der Waals surface area contributed by atoms with Crippen LogP contribution in [0.15, 0.2) is 24.3 Å². The lowest BCUT2D eigenvalue weighted by Gasteiger charge is -2.38. The van der Waals surface area contributed by atoms with E-state index in [0.29, 0.717) is 0 Å². The van der Waals surface area contributed by atoms with Gasteiger partial charge in [-0.1, -0.05) is 128 Å². The van der Waals surface area contributed by atoms with Crippen LogP contribution in [0.3, 0.4) is 0 Å². The smallest absolute Gasteiger partial charge is 0.0162 e. The number of rotatable bonds is 15. The van der Waals surface area contributed by atoms with Crippen molar-refractivity contribution in [2.45, 2.75) is 174 Å². The highest BCUT2D eigenvalue weighted by Gasteiger charge is 2.30. The van der Waals surface area contributed by atoms with Crippen molar-refractivity contribution >= 4 is 0 Å². The van der Waals surface area contributed by atoms with Gasteiger partial charge in [-0.3, -0.25) is 0 Å². The highest BCUT2D eigenvalue weighted by atomic mass is 14.4. The van der Waals surface area contributed by atoms with Gasteiger partial charge >= 0.3 is 0 Å². The Kier molecular flexibility index (Phi) is 13.6. The first-order valence-electron chi connectivity index (χ1n) is 17.8. The first kappa shape index (κ1) is 30.2. The summed E-state index contributed by atoms with van der Waals surface area (Å²) in [6, 6.07) is 9.96. The molecule has 0 N–H and O–H groups in total. The largest absolute Gasteiger partial charge is 0.0654 e. The number of hydrogen-bond donors (Lipinski definition) is 0. The molecule has 0 heteroatoms. The van der Waals surface area contributed by atoms with Crippen molar-refractivity contribution in [3.05, 3.63) is 35.4 Å². The van der Waals surface area contributed by atoms with Gasteiger partial charge in [-0.2, -0.15) is 0 Å². The molecular formula is C38H64. The van der Waals surface area contributed by atoms with Gasteiger partial charge in [-0.15, -0.1) is 0 Å². The van der Waals surface area contributed by atoms with E-state index < -0.39 is 0 Å². The van der Waals surface area contributed by atoms with Gasteiger partial charge in [-0.25, -0.2) is 0 Å². The quantitative estimate of drug-likeness (QED) is 0.202. The summed E-state index contributed by atoms with van der Waals surface area (Å²) >= 11 is 0. The minimum Gasteiger partial charge on any atom is -0.0654 e. The van der Waals surface area contributed by atoms with Crippen LogP contribution in [-0.2, 0) is 6.42 Å². The van der Waals surface area contributed by atoms with Gasteiger partial charge < -0.3 is 0 Å². The highest BCUT2D eigenvalue weighted by Crippen LogP contribution is 2.43. The lowest BCUT2D eigenvalue weighted by molar-refractivity contribution is 0.140. The Morgan fingerprint density at radius 1 is 0.474 bits per heavy atom. The maximum absolute atomic E-state index is 2.50. The SMILES string of the molecule is CCCCCCCC1CCC(C2CCC(CCc3ccc(C4CCC(CCCCC)CC4)cc3)CC2)CC1. The third kappa shape index (κ3) is 10.0. The Balaban J connectivity index is 1.07. The van der Waals surface area contributed by atoms with E-state index in [9.17, 15) is 0 Å². The molecule has 38 heavy (non-hydrogen) atoms. The molecule has 216 valence electrons. The van der Waals surface area contributed by atoms with Crippen molar-refractivity contribution in [3.8, 4) is 0 Å². The molecule has 0 aliphatic heterocycles. The Hall–Kier alpha value is -0.780. The summed E-state index contributed by atoms with van der Waals surface area (Å²) in [4.78, 5) is 0. The van der Waals surface area contributed by atoms with Crippen LogP contribution in [-0.4, -0.2) is 0 Å². The summed E-state index contributed by atoms with van der Waals surface area (Å²) < 4.78 is 0. The van der Waals surface area contributed by atoms with Crippen molar-refractivity contribution < 1.29 is 0 Å². The summed E-state index contributed by atoms with van der Waals surface area (Å²) in [5, 5.41) is 0. The lowest BCUT2D eigenvalue weighted by atomic mass is 9.68. The van der Waals surface area contributed by atoms with Gasteiger partial charge in [-0.05, 0) is 111 Å². The number of hydrogen-bond acceptors (Lipinski definition) is 0. The molecule has 4 rings (SSSR count). The van der Waals surface area contributed by atoms with E-state index in [1.54, 1.807) is 36.8 Å². The summed E-state index contributed by atoms with van der Waals surface area (Å²) in [7, 11) is 0. The van der Waals surface area contributed by atoms with E-state index in [1.807, 2.05) is 0 Å². The predicted molar refractivity (Wildman–Crippen MR) is 168 cm³/mol. The molecule has 3 saturated carbocycles. The van der Waals surface area contributed by atoms with E-state index in [1.165, 1.54) is 128 Å². The number of aryl methyl sites for hydroxylation is 1. The Labute approximate surface area is 238 Å². The number of benzene rings is 1. The van der Waals surface area contributed by atoms with Crippen molar-refractivity contribution in [3.63, 3.8) is 0 Å². The molecule has 1 aromatic carbocycles. The van der Waals surface area contributed by atoms with Gasteiger partial charge in [0.15, 0.2) is 0 Å². The van der Waals surface area contributed by atoms with Crippen molar-refractivity contribution in [1.82, 2.24) is 0 Å². The topological polar surface area (TPSA) is 0 Å². The van der Waals surface area contributed by atoms with Crippen LogP contribution in [0.4, 0.5) is 0 Å². The second-order valence-corrected chi connectivity index (χ2v) is 14.3. The molecule has 0 spiro atoms. The van der Waals surface area contributed by atoms with Crippen LogP contribution in [0, 0.1) is 29.6 Å². The first-order chi connectivity index (χ1) is 18.7. The number of unbranched alkanes of at least 4 members (excludes halogenated alkanes) is 6. The third-order valence-electron chi connectivity index (χ3n) is 11.5. The van der Waals surface area contributed by atoms with Crippen LogP contribution in [0.2, 0.25) is 0 Å². The molecule has 0 unspecified atom stereocenters.